The molecule has 0 aromatic heterocycles. The van der Waals surface area contributed by atoms with Crippen molar-refractivity contribution in [2.75, 3.05) is 38.0 Å². The van der Waals surface area contributed by atoms with E-state index in [0.29, 0.717) is 10.9 Å². The molecule has 2 saturated heterocycles. The summed E-state index contributed by atoms with van der Waals surface area (Å²) in [6, 6.07) is 7.09. The van der Waals surface area contributed by atoms with E-state index in [4.69, 9.17) is 11.6 Å². The van der Waals surface area contributed by atoms with Crippen LogP contribution in [0, 0.1) is 5.92 Å². The third kappa shape index (κ3) is 4.83. The van der Waals surface area contributed by atoms with E-state index in [1.807, 2.05) is 29.2 Å². The summed E-state index contributed by atoms with van der Waals surface area (Å²) in [6.07, 6.45) is -0.250. The Hall–Kier alpha value is -1.38. The molecular formula is C17H27ClN6O. The predicted molar refractivity (Wildman–Crippen MR) is 99.9 cm³/mol. The molecular weight excluding hydrogens is 340 g/mol. The lowest BCUT2D eigenvalue weighted by Crippen LogP contribution is -2.57. The molecule has 0 saturated carbocycles. The fourth-order valence-corrected chi connectivity index (χ4v) is 3.50. The largest absolute Gasteiger partial charge is 0.367 e. The van der Waals surface area contributed by atoms with Gasteiger partial charge in [0, 0.05) is 43.4 Å². The van der Waals surface area contributed by atoms with Crippen LogP contribution in [-0.2, 0) is 4.79 Å². The fraction of sp³-hybridized carbons (Fsp3) is 0.588. The number of piperazine rings is 1. The van der Waals surface area contributed by atoms with Crippen LogP contribution in [0.4, 0.5) is 5.69 Å². The molecule has 4 N–H and O–H groups in total. The van der Waals surface area contributed by atoms with Crippen molar-refractivity contribution in [2.24, 2.45) is 5.92 Å². The van der Waals surface area contributed by atoms with E-state index in [1.54, 1.807) is 0 Å². The topological polar surface area (TPSA) is 71.7 Å². The molecule has 3 rings (SSSR count). The maximum atomic E-state index is 12.9. The Morgan fingerprint density at radius 1 is 1.28 bits per heavy atom. The first-order chi connectivity index (χ1) is 12.0. The molecule has 8 heteroatoms. The van der Waals surface area contributed by atoms with Crippen LogP contribution in [0.1, 0.15) is 13.8 Å². The average Bonchev–Trinajstić information content (AvgIpc) is 3.02. The van der Waals surface area contributed by atoms with Crippen molar-refractivity contribution in [1.82, 2.24) is 26.2 Å². The average molecular weight is 367 g/mol. The smallest absolute Gasteiger partial charge is 0.244 e. The number of halogens is 1. The number of amides is 1. The number of carbonyl (C=O) groups excluding carboxylic acids is 1. The van der Waals surface area contributed by atoms with Crippen molar-refractivity contribution in [3.05, 3.63) is 29.3 Å². The molecule has 1 aromatic rings. The zero-order valence-corrected chi connectivity index (χ0v) is 15.5. The molecule has 1 aromatic carbocycles. The Morgan fingerprint density at radius 3 is 2.72 bits per heavy atom. The summed E-state index contributed by atoms with van der Waals surface area (Å²) in [5.74, 6) is 0.750. The van der Waals surface area contributed by atoms with Crippen LogP contribution in [0.3, 0.4) is 0 Å². The molecule has 1 amide bonds. The van der Waals surface area contributed by atoms with Gasteiger partial charge in [0.1, 0.15) is 12.2 Å². The minimum Gasteiger partial charge on any atom is -0.367 e. The lowest BCUT2D eigenvalue weighted by Gasteiger charge is -2.37. The first-order valence-electron chi connectivity index (χ1n) is 8.82. The van der Waals surface area contributed by atoms with Crippen LogP contribution in [0.5, 0.6) is 0 Å². The molecule has 2 atom stereocenters. The summed E-state index contributed by atoms with van der Waals surface area (Å²) in [5, 5.41) is 3.97. The molecule has 2 aliphatic heterocycles. The number of hydrogen-bond acceptors (Lipinski definition) is 6. The maximum absolute atomic E-state index is 12.9. The number of nitrogens with zero attached hydrogens (tertiary/aromatic N) is 2. The van der Waals surface area contributed by atoms with Gasteiger partial charge in [-0.25, -0.2) is 10.9 Å². The number of rotatable bonds is 5. The van der Waals surface area contributed by atoms with Crippen molar-refractivity contribution >= 4 is 23.2 Å². The van der Waals surface area contributed by atoms with E-state index in [9.17, 15) is 4.79 Å². The highest BCUT2D eigenvalue weighted by molar-refractivity contribution is 6.30. The van der Waals surface area contributed by atoms with Crippen molar-refractivity contribution < 1.29 is 4.79 Å². The van der Waals surface area contributed by atoms with Gasteiger partial charge in [-0.15, -0.1) is 0 Å². The minimum atomic E-state index is -0.379. The zero-order valence-electron chi connectivity index (χ0n) is 14.8. The van der Waals surface area contributed by atoms with Gasteiger partial charge < -0.3 is 10.2 Å². The highest BCUT2D eigenvalue weighted by Crippen LogP contribution is 2.17. The second-order valence-corrected chi connectivity index (χ2v) is 7.48. The molecule has 0 spiro atoms. The molecule has 7 nitrogen and oxygen atoms in total. The third-order valence-electron chi connectivity index (χ3n) is 4.51. The second-order valence-electron chi connectivity index (χ2n) is 7.04. The van der Waals surface area contributed by atoms with E-state index < -0.39 is 0 Å². The van der Waals surface area contributed by atoms with Crippen LogP contribution in [-0.4, -0.2) is 60.6 Å². The standard InChI is InChI=1S/C17H27ClN6O/c1-12(2)11-23-6-8-24(9-7-23)17(25)15-16(21-22-20-15)19-14-5-3-4-13(18)10-14/h3-5,10,12,15-16,19-22H,6-9,11H2,1-2H3. The number of anilines is 1. The van der Waals surface area contributed by atoms with Gasteiger partial charge in [0.05, 0.1) is 0 Å². The van der Waals surface area contributed by atoms with Crippen LogP contribution >= 0.6 is 11.6 Å². The van der Waals surface area contributed by atoms with Gasteiger partial charge in [-0.2, -0.15) is 5.53 Å². The number of hydrogen-bond donors (Lipinski definition) is 4. The van der Waals surface area contributed by atoms with Crippen molar-refractivity contribution in [3.63, 3.8) is 0 Å². The Balaban J connectivity index is 1.56. The Kier molecular flexibility index (Phi) is 6.14. The van der Waals surface area contributed by atoms with Gasteiger partial charge in [0.15, 0.2) is 0 Å². The molecule has 0 radical (unpaired) electrons. The van der Waals surface area contributed by atoms with Gasteiger partial charge in [0.2, 0.25) is 5.91 Å². The second kappa shape index (κ2) is 8.33. The predicted octanol–water partition coefficient (Wildman–Crippen LogP) is 0.859. The Bertz CT molecular complexity index is 590. The van der Waals surface area contributed by atoms with Crippen LogP contribution in [0.2, 0.25) is 5.02 Å². The Labute approximate surface area is 154 Å². The summed E-state index contributed by atoms with van der Waals surface area (Å²) in [7, 11) is 0. The molecule has 0 bridgehead atoms. The van der Waals surface area contributed by atoms with Gasteiger partial charge in [-0.3, -0.25) is 9.69 Å². The van der Waals surface area contributed by atoms with Crippen LogP contribution in [0.25, 0.3) is 0 Å². The van der Waals surface area contributed by atoms with E-state index in [2.05, 4.69) is 40.5 Å². The summed E-state index contributed by atoms with van der Waals surface area (Å²) in [6.45, 7) is 8.95. The molecule has 25 heavy (non-hydrogen) atoms. The van der Waals surface area contributed by atoms with E-state index >= 15 is 0 Å². The maximum Gasteiger partial charge on any atom is 0.244 e. The first kappa shape index (κ1) is 18.4. The summed E-state index contributed by atoms with van der Waals surface area (Å²) < 4.78 is 0. The molecule has 0 aliphatic carbocycles. The monoisotopic (exact) mass is 366 g/mol. The van der Waals surface area contributed by atoms with Crippen LogP contribution < -0.4 is 21.7 Å². The first-order valence-corrected chi connectivity index (χ1v) is 9.20. The number of hydrazine groups is 2. The Morgan fingerprint density at radius 2 is 2.04 bits per heavy atom. The highest BCUT2D eigenvalue weighted by atomic mass is 35.5. The van der Waals surface area contributed by atoms with Gasteiger partial charge in [-0.1, -0.05) is 31.5 Å². The van der Waals surface area contributed by atoms with E-state index in [1.165, 1.54) is 0 Å². The summed E-state index contributed by atoms with van der Waals surface area (Å²) in [4.78, 5) is 17.3. The van der Waals surface area contributed by atoms with E-state index in [0.717, 1.165) is 38.4 Å². The van der Waals surface area contributed by atoms with Gasteiger partial charge in [0.25, 0.3) is 0 Å². The minimum absolute atomic E-state index is 0.0984. The molecule has 2 aliphatic rings. The van der Waals surface area contributed by atoms with E-state index in [-0.39, 0.29) is 18.1 Å². The normalized spacial score (nSPS) is 24.7. The molecule has 2 fully saturated rings. The van der Waals surface area contributed by atoms with Gasteiger partial charge >= 0.3 is 0 Å². The summed E-state index contributed by atoms with van der Waals surface area (Å²) >= 11 is 6.03. The van der Waals surface area contributed by atoms with Gasteiger partial charge in [-0.05, 0) is 24.1 Å². The summed E-state index contributed by atoms with van der Waals surface area (Å²) in [5.41, 5.74) is 9.81. The fourth-order valence-electron chi connectivity index (χ4n) is 3.31. The molecule has 2 unspecified atom stereocenters. The SMILES string of the molecule is CC(C)CN1CCN(C(=O)C2NNNC2Nc2cccc(Cl)c2)CC1. The highest BCUT2D eigenvalue weighted by Gasteiger charge is 2.36. The molecule has 138 valence electrons. The zero-order chi connectivity index (χ0) is 17.8. The lowest BCUT2D eigenvalue weighted by atomic mass is 10.1. The quantitative estimate of drug-likeness (QED) is 0.619. The number of benzene rings is 1. The number of nitrogens with one attached hydrogen (secondary N) is 4. The molecule has 2 heterocycles. The van der Waals surface area contributed by atoms with Crippen molar-refractivity contribution in [1.29, 1.82) is 0 Å². The third-order valence-corrected chi connectivity index (χ3v) is 4.74. The van der Waals surface area contributed by atoms with Crippen molar-refractivity contribution in [2.45, 2.75) is 26.1 Å². The number of carbonyl (C=O) groups is 1. The van der Waals surface area contributed by atoms with Crippen molar-refractivity contribution in [3.8, 4) is 0 Å². The lowest BCUT2D eigenvalue weighted by molar-refractivity contribution is -0.135. The van der Waals surface area contributed by atoms with Crippen LogP contribution in [0.15, 0.2) is 24.3 Å².